The van der Waals surface area contributed by atoms with E-state index in [2.05, 4.69) is 98.1 Å². The zero-order valence-corrected chi connectivity index (χ0v) is 17.4. The monoisotopic (exact) mass is 389 g/mol. The Morgan fingerprint density at radius 2 is 1.33 bits per heavy atom. The van der Waals surface area contributed by atoms with E-state index in [0.717, 1.165) is 11.2 Å². The molecule has 0 atom stereocenters. The van der Waals surface area contributed by atoms with Gasteiger partial charge in [-0.3, -0.25) is 0 Å². The Bertz CT molecular complexity index is 1570. The van der Waals surface area contributed by atoms with Gasteiger partial charge in [-0.05, 0) is 56.2 Å². The summed E-state index contributed by atoms with van der Waals surface area (Å²) >= 11 is 0. The quantitative estimate of drug-likeness (QED) is 0.278. The standard InChI is InChI=1S/C28H23NO/c1-28(2,3)29-23-12-6-4-9-20(23)21-16-15-18(17-24(21)29)19-11-8-14-26-27(19)22-10-5-7-13-25(22)30-26/h4-17H,1-3H3. The third-order valence-electron chi connectivity index (χ3n) is 6.06. The SMILES string of the molecule is CC(C)(C)n1c2ccccc2c2ccc(-c3cccc4oc5ccccc5c34)cc21. The fraction of sp³-hybridized carbons (Fsp3) is 0.143. The van der Waals surface area contributed by atoms with Crippen molar-refractivity contribution in [3.63, 3.8) is 0 Å². The zero-order chi connectivity index (χ0) is 20.5. The third-order valence-corrected chi connectivity index (χ3v) is 6.06. The van der Waals surface area contributed by atoms with Crippen LogP contribution in [0.25, 0.3) is 54.9 Å². The third kappa shape index (κ3) is 2.37. The molecule has 0 amide bonds. The second-order valence-corrected chi connectivity index (χ2v) is 9.03. The second kappa shape index (κ2) is 5.99. The molecule has 6 aromatic rings. The van der Waals surface area contributed by atoms with Gasteiger partial charge in [0.1, 0.15) is 11.2 Å². The van der Waals surface area contributed by atoms with E-state index in [-0.39, 0.29) is 5.54 Å². The van der Waals surface area contributed by atoms with Crippen molar-refractivity contribution in [3.8, 4) is 11.1 Å². The molecule has 0 aliphatic carbocycles. The fourth-order valence-electron chi connectivity index (χ4n) is 4.88. The lowest BCUT2D eigenvalue weighted by molar-refractivity contribution is 0.423. The summed E-state index contributed by atoms with van der Waals surface area (Å²) in [5, 5.41) is 4.96. The van der Waals surface area contributed by atoms with Crippen molar-refractivity contribution in [1.29, 1.82) is 0 Å². The zero-order valence-electron chi connectivity index (χ0n) is 17.4. The van der Waals surface area contributed by atoms with E-state index in [1.165, 1.54) is 43.7 Å². The normalized spacial score (nSPS) is 12.5. The van der Waals surface area contributed by atoms with Crippen LogP contribution in [0.1, 0.15) is 20.8 Å². The maximum Gasteiger partial charge on any atom is 0.136 e. The van der Waals surface area contributed by atoms with Gasteiger partial charge in [0.25, 0.3) is 0 Å². The molecule has 2 aromatic heterocycles. The molecule has 0 unspecified atom stereocenters. The first-order valence-electron chi connectivity index (χ1n) is 10.5. The summed E-state index contributed by atoms with van der Waals surface area (Å²) in [5.74, 6) is 0. The Kier molecular flexibility index (Phi) is 3.47. The maximum atomic E-state index is 6.12. The molecule has 146 valence electrons. The van der Waals surface area contributed by atoms with Crippen LogP contribution in [0.3, 0.4) is 0 Å². The first kappa shape index (κ1) is 17.3. The number of nitrogens with zero attached hydrogens (tertiary/aromatic N) is 1. The van der Waals surface area contributed by atoms with Crippen LogP contribution in [0.4, 0.5) is 0 Å². The van der Waals surface area contributed by atoms with E-state index in [1.54, 1.807) is 0 Å². The summed E-state index contributed by atoms with van der Waals surface area (Å²) in [6, 6.07) is 30.2. The Labute approximate surface area is 175 Å². The minimum atomic E-state index is -0.0195. The van der Waals surface area contributed by atoms with Crippen LogP contribution >= 0.6 is 0 Å². The number of rotatable bonds is 1. The largest absolute Gasteiger partial charge is 0.456 e. The van der Waals surface area contributed by atoms with Gasteiger partial charge in [-0.1, -0.05) is 60.7 Å². The molecular formula is C28H23NO. The minimum Gasteiger partial charge on any atom is -0.456 e. The van der Waals surface area contributed by atoms with Crippen LogP contribution in [-0.4, -0.2) is 4.57 Å². The van der Waals surface area contributed by atoms with Crippen molar-refractivity contribution in [2.24, 2.45) is 0 Å². The summed E-state index contributed by atoms with van der Waals surface area (Å²) < 4.78 is 8.59. The summed E-state index contributed by atoms with van der Waals surface area (Å²) in [6.45, 7) is 6.82. The average Bonchev–Trinajstić information content (AvgIpc) is 3.28. The smallest absolute Gasteiger partial charge is 0.136 e. The molecule has 0 saturated carbocycles. The number of benzene rings is 4. The summed E-state index contributed by atoms with van der Waals surface area (Å²) in [7, 11) is 0. The van der Waals surface area contributed by atoms with Crippen LogP contribution in [0, 0.1) is 0 Å². The van der Waals surface area contributed by atoms with Crippen LogP contribution in [-0.2, 0) is 5.54 Å². The second-order valence-electron chi connectivity index (χ2n) is 9.03. The highest BCUT2D eigenvalue weighted by atomic mass is 16.3. The van der Waals surface area contributed by atoms with Crippen molar-refractivity contribution in [1.82, 2.24) is 4.57 Å². The van der Waals surface area contributed by atoms with E-state index in [4.69, 9.17) is 4.42 Å². The topological polar surface area (TPSA) is 18.1 Å². The van der Waals surface area contributed by atoms with Crippen molar-refractivity contribution >= 4 is 43.7 Å². The molecule has 0 radical (unpaired) electrons. The predicted molar refractivity (Wildman–Crippen MR) is 127 cm³/mol. The lowest BCUT2D eigenvalue weighted by atomic mass is 9.98. The first-order chi connectivity index (χ1) is 14.5. The molecule has 0 aliphatic rings. The molecule has 2 heteroatoms. The van der Waals surface area contributed by atoms with Crippen molar-refractivity contribution in [3.05, 3.63) is 84.9 Å². The van der Waals surface area contributed by atoms with Gasteiger partial charge in [-0.25, -0.2) is 0 Å². The van der Waals surface area contributed by atoms with Crippen molar-refractivity contribution in [2.45, 2.75) is 26.3 Å². The Hall–Kier alpha value is -3.52. The number of para-hydroxylation sites is 2. The van der Waals surface area contributed by atoms with Gasteiger partial charge < -0.3 is 8.98 Å². The number of aromatic nitrogens is 1. The molecule has 2 heterocycles. The van der Waals surface area contributed by atoms with Gasteiger partial charge in [-0.15, -0.1) is 0 Å². The number of furan rings is 1. The average molecular weight is 389 g/mol. The minimum absolute atomic E-state index is 0.0195. The molecule has 4 aromatic carbocycles. The molecule has 0 spiro atoms. The predicted octanol–water partition coefficient (Wildman–Crippen LogP) is 8.12. The first-order valence-corrected chi connectivity index (χ1v) is 10.5. The van der Waals surface area contributed by atoms with E-state index in [1.807, 2.05) is 12.1 Å². The van der Waals surface area contributed by atoms with E-state index < -0.39 is 0 Å². The molecule has 0 aliphatic heterocycles. The fourth-order valence-corrected chi connectivity index (χ4v) is 4.88. The van der Waals surface area contributed by atoms with Gasteiger partial charge in [0, 0.05) is 32.6 Å². The molecular weight excluding hydrogens is 366 g/mol. The van der Waals surface area contributed by atoms with Gasteiger partial charge in [0.15, 0.2) is 0 Å². The molecule has 0 saturated heterocycles. The highest BCUT2D eigenvalue weighted by Gasteiger charge is 2.21. The highest BCUT2D eigenvalue weighted by molar-refractivity contribution is 6.14. The molecule has 2 nitrogen and oxygen atoms in total. The molecule has 6 rings (SSSR count). The summed E-state index contributed by atoms with van der Waals surface area (Å²) in [5.41, 5.74) is 6.83. The summed E-state index contributed by atoms with van der Waals surface area (Å²) in [6.07, 6.45) is 0. The van der Waals surface area contributed by atoms with Gasteiger partial charge in [0.2, 0.25) is 0 Å². The van der Waals surface area contributed by atoms with Crippen LogP contribution in [0.15, 0.2) is 89.3 Å². The lowest BCUT2D eigenvalue weighted by Gasteiger charge is -2.24. The van der Waals surface area contributed by atoms with E-state index in [0.29, 0.717) is 0 Å². The maximum absolute atomic E-state index is 6.12. The highest BCUT2D eigenvalue weighted by Crippen LogP contribution is 2.40. The Morgan fingerprint density at radius 3 is 2.17 bits per heavy atom. The van der Waals surface area contributed by atoms with Gasteiger partial charge >= 0.3 is 0 Å². The lowest BCUT2D eigenvalue weighted by Crippen LogP contribution is -2.21. The summed E-state index contributed by atoms with van der Waals surface area (Å²) in [4.78, 5) is 0. The molecule has 0 N–H and O–H groups in total. The number of hydrogen-bond donors (Lipinski definition) is 0. The van der Waals surface area contributed by atoms with Crippen LogP contribution in [0.2, 0.25) is 0 Å². The Balaban J connectivity index is 1.72. The number of fused-ring (bicyclic) bond motifs is 6. The van der Waals surface area contributed by atoms with Crippen LogP contribution < -0.4 is 0 Å². The number of hydrogen-bond acceptors (Lipinski definition) is 1. The molecule has 30 heavy (non-hydrogen) atoms. The van der Waals surface area contributed by atoms with Crippen molar-refractivity contribution in [2.75, 3.05) is 0 Å². The van der Waals surface area contributed by atoms with Crippen LogP contribution in [0.5, 0.6) is 0 Å². The van der Waals surface area contributed by atoms with E-state index in [9.17, 15) is 0 Å². The van der Waals surface area contributed by atoms with E-state index >= 15 is 0 Å². The molecule has 0 bridgehead atoms. The molecule has 0 fully saturated rings. The van der Waals surface area contributed by atoms with Gasteiger partial charge in [0.05, 0.1) is 5.52 Å². The van der Waals surface area contributed by atoms with Crippen molar-refractivity contribution < 1.29 is 4.42 Å². The Morgan fingerprint density at radius 1 is 0.633 bits per heavy atom. The van der Waals surface area contributed by atoms with Gasteiger partial charge in [-0.2, -0.15) is 0 Å².